The predicted molar refractivity (Wildman–Crippen MR) is 66.0 cm³/mol. The van der Waals surface area contributed by atoms with E-state index in [9.17, 15) is 4.79 Å². The van der Waals surface area contributed by atoms with Crippen molar-refractivity contribution < 1.29 is 4.79 Å². The number of carbonyl (C=O) groups is 1. The Hall–Kier alpha value is -1.01. The standard InChI is InChI=1S/C13H22N2O/c1-4-8-13(9-7-10-14-13)12(16)15(6-3)11-5-2/h2,14H,4,6-11H2,1,3H3. The molecule has 0 aromatic rings. The predicted octanol–water partition coefficient (Wildman–Crippen LogP) is 1.39. The summed E-state index contributed by atoms with van der Waals surface area (Å²) in [5.74, 6) is 2.75. The van der Waals surface area contributed by atoms with Crippen LogP contribution in [0.2, 0.25) is 0 Å². The molecule has 1 aliphatic heterocycles. The quantitative estimate of drug-likeness (QED) is 0.713. The molecule has 1 unspecified atom stereocenters. The van der Waals surface area contributed by atoms with E-state index in [0.717, 1.165) is 32.2 Å². The number of terminal acetylenes is 1. The third-order valence-corrected chi connectivity index (χ3v) is 3.28. The van der Waals surface area contributed by atoms with Gasteiger partial charge in [-0.25, -0.2) is 0 Å². The van der Waals surface area contributed by atoms with Crippen LogP contribution in [0.1, 0.15) is 39.5 Å². The van der Waals surface area contributed by atoms with Gasteiger partial charge in [-0.15, -0.1) is 6.42 Å². The molecule has 0 aromatic carbocycles. The molecule has 0 aromatic heterocycles. The summed E-state index contributed by atoms with van der Waals surface area (Å²) in [6.45, 7) is 6.15. The number of nitrogens with one attached hydrogen (secondary N) is 1. The first-order valence-electron chi connectivity index (χ1n) is 6.18. The van der Waals surface area contributed by atoms with Gasteiger partial charge < -0.3 is 10.2 Å². The van der Waals surface area contributed by atoms with Crippen LogP contribution in [-0.2, 0) is 4.79 Å². The second-order valence-electron chi connectivity index (χ2n) is 4.39. The smallest absolute Gasteiger partial charge is 0.243 e. The van der Waals surface area contributed by atoms with Crippen LogP contribution in [0.25, 0.3) is 0 Å². The number of amides is 1. The molecule has 0 saturated carbocycles. The van der Waals surface area contributed by atoms with E-state index in [1.54, 1.807) is 4.90 Å². The number of hydrogen-bond donors (Lipinski definition) is 1. The van der Waals surface area contributed by atoms with Crippen molar-refractivity contribution in [1.82, 2.24) is 10.2 Å². The van der Waals surface area contributed by atoms with E-state index in [-0.39, 0.29) is 11.4 Å². The van der Waals surface area contributed by atoms with Crippen molar-refractivity contribution in [1.29, 1.82) is 0 Å². The number of carbonyl (C=O) groups excluding carboxylic acids is 1. The van der Waals surface area contributed by atoms with Gasteiger partial charge in [0, 0.05) is 6.54 Å². The maximum absolute atomic E-state index is 12.4. The normalized spacial score (nSPS) is 24.1. The van der Waals surface area contributed by atoms with Crippen LogP contribution in [0.15, 0.2) is 0 Å². The van der Waals surface area contributed by atoms with Crippen LogP contribution in [0, 0.1) is 12.3 Å². The monoisotopic (exact) mass is 222 g/mol. The minimum atomic E-state index is -0.332. The number of rotatable bonds is 5. The van der Waals surface area contributed by atoms with Gasteiger partial charge in [0.1, 0.15) is 0 Å². The topological polar surface area (TPSA) is 32.3 Å². The maximum Gasteiger partial charge on any atom is 0.243 e. The molecule has 16 heavy (non-hydrogen) atoms. The van der Waals surface area contributed by atoms with E-state index in [1.165, 1.54) is 0 Å². The Morgan fingerprint density at radius 2 is 2.31 bits per heavy atom. The molecule has 1 rings (SSSR count). The highest BCUT2D eigenvalue weighted by Gasteiger charge is 2.41. The Morgan fingerprint density at radius 3 is 2.75 bits per heavy atom. The van der Waals surface area contributed by atoms with E-state index in [0.29, 0.717) is 13.1 Å². The van der Waals surface area contributed by atoms with Crippen molar-refractivity contribution in [3.8, 4) is 12.3 Å². The van der Waals surface area contributed by atoms with Gasteiger partial charge >= 0.3 is 0 Å². The molecule has 0 bridgehead atoms. The summed E-state index contributed by atoms with van der Waals surface area (Å²) in [5, 5.41) is 3.38. The lowest BCUT2D eigenvalue weighted by molar-refractivity contribution is -0.137. The lowest BCUT2D eigenvalue weighted by Gasteiger charge is -2.33. The van der Waals surface area contributed by atoms with Crippen LogP contribution < -0.4 is 5.32 Å². The molecule has 0 aliphatic carbocycles. The lowest BCUT2D eigenvalue weighted by Crippen LogP contribution is -2.54. The summed E-state index contributed by atoms with van der Waals surface area (Å²) in [7, 11) is 0. The van der Waals surface area contributed by atoms with E-state index in [1.807, 2.05) is 6.92 Å². The first-order valence-corrected chi connectivity index (χ1v) is 6.18. The second-order valence-corrected chi connectivity index (χ2v) is 4.39. The third-order valence-electron chi connectivity index (χ3n) is 3.28. The maximum atomic E-state index is 12.4. The van der Waals surface area contributed by atoms with Crippen molar-refractivity contribution in [2.45, 2.75) is 45.1 Å². The number of hydrogen-bond acceptors (Lipinski definition) is 2. The lowest BCUT2D eigenvalue weighted by atomic mass is 9.90. The van der Waals surface area contributed by atoms with Crippen LogP contribution in [0.3, 0.4) is 0 Å². The molecule has 3 nitrogen and oxygen atoms in total. The van der Waals surface area contributed by atoms with Crippen molar-refractivity contribution >= 4 is 5.91 Å². The van der Waals surface area contributed by atoms with E-state index < -0.39 is 0 Å². The molecular formula is C13H22N2O. The molecule has 1 atom stereocenters. The fourth-order valence-corrected chi connectivity index (χ4v) is 2.48. The van der Waals surface area contributed by atoms with Gasteiger partial charge in [-0.2, -0.15) is 0 Å². The zero-order valence-electron chi connectivity index (χ0n) is 10.4. The molecule has 1 amide bonds. The molecule has 1 saturated heterocycles. The van der Waals surface area contributed by atoms with Crippen LogP contribution >= 0.6 is 0 Å². The molecule has 1 fully saturated rings. The van der Waals surface area contributed by atoms with Crippen LogP contribution in [-0.4, -0.2) is 36.0 Å². The zero-order valence-corrected chi connectivity index (χ0v) is 10.4. The summed E-state index contributed by atoms with van der Waals surface area (Å²) in [4.78, 5) is 14.2. The van der Waals surface area contributed by atoms with Gasteiger partial charge in [0.2, 0.25) is 5.91 Å². The Labute approximate surface area is 98.6 Å². The highest BCUT2D eigenvalue weighted by molar-refractivity contribution is 5.87. The Balaban J connectivity index is 2.78. The Kier molecular flexibility index (Phi) is 4.82. The Bertz CT molecular complexity index is 274. The highest BCUT2D eigenvalue weighted by atomic mass is 16.2. The van der Waals surface area contributed by atoms with E-state index in [2.05, 4.69) is 18.2 Å². The van der Waals surface area contributed by atoms with E-state index >= 15 is 0 Å². The van der Waals surface area contributed by atoms with Gasteiger partial charge in [0.05, 0.1) is 12.1 Å². The largest absolute Gasteiger partial charge is 0.330 e. The highest BCUT2D eigenvalue weighted by Crippen LogP contribution is 2.26. The number of likely N-dealkylation sites (N-methyl/N-ethyl adjacent to an activating group) is 1. The molecule has 3 heteroatoms. The Morgan fingerprint density at radius 1 is 1.56 bits per heavy atom. The van der Waals surface area contributed by atoms with Gasteiger partial charge in [0.15, 0.2) is 0 Å². The van der Waals surface area contributed by atoms with Crippen LogP contribution in [0.4, 0.5) is 0 Å². The first kappa shape index (κ1) is 13.1. The molecule has 0 radical (unpaired) electrons. The van der Waals surface area contributed by atoms with Crippen LogP contribution in [0.5, 0.6) is 0 Å². The first-order chi connectivity index (χ1) is 7.70. The third kappa shape index (κ3) is 2.56. The van der Waals surface area contributed by atoms with Gasteiger partial charge in [-0.3, -0.25) is 4.79 Å². The minimum absolute atomic E-state index is 0.187. The average Bonchev–Trinajstić information content (AvgIpc) is 2.75. The van der Waals surface area contributed by atoms with Crippen molar-refractivity contribution in [2.24, 2.45) is 0 Å². The number of nitrogens with zero attached hydrogens (tertiary/aromatic N) is 1. The van der Waals surface area contributed by atoms with Gasteiger partial charge in [-0.05, 0) is 32.7 Å². The van der Waals surface area contributed by atoms with Crippen molar-refractivity contribution in [3.63, 3.8) is 0 Å². The summed E-state index contributed by atoms with van der Waals surface area (Å²) < 4.78 is 0. The summed E-state index contributed by atoms with van der Waals surface area (Å²) >= 11 is 0. The molecule has 1 aliphatic rings. The zero-order chi connectivity index (χ0) is 12.0. The fourth-order valence-electron chi connectivity index (χ4n) is 2.48. The average molecular weight is 222 g/mol. The van der Waals surface area contributed by atoms with Crippen molar-refractivity contribution in [2.75, 3.05) is 19.6 Å². The fraction of sp³-hybridized carbons (Fsp3) is 0.769. The van der Waals surface area contributed by atoms with Gasteiger partial charge in [0.25, 0.3) is 0 Å². The summed E-state index contributed by atoms with van der Waals surface area (Å²) in [6.07, 6.45) is 9.25. The summed E-state index contributed by atoms with van der Waals surface area (Å²) in [5.41, 5.74) is -0.332. The van der Waals surface area contributed by atoms with Gasteiger partial charge in [-0.1, -0.05) is 19.3 Å². The molecular weight excluding hydrogens is 200 g/mol. The SMILES string of the molecule is C#CCN(CC)C(=O)C1(CCC)CCCN1. The molecule has 1 heterocycles. The minimum Gasteiger partial charge on any atom is -0.330 e. The van der Waals surface area contributed by atoms with Crippen molar-refractivity contribution in [3.05, 3.63) is 0 Å². The second kappa shape index (κ2) is 5.91. The molecule has 90 valence electrons. The van der Waals surface area contributed by atoms with E-state index in [4.69, 9.17) is 6.42 Å². The molecule has 0 spiro atoms. The molecule has 1 N–H and O–H groups in total. The summed E-state index contributed by atoms with van der Waals surface area (Å²) in [6, 6.07) is 0.